The molecule has 4 N–H and O–H groups in total. The first-order chi connectivity index (χ1) is 9.47. The highest BCUT2D eigenvalue weighted by Crippen LogP contribution is 2.21. The monoisotopic (exact) mass is 272 g/mol. The van der Waals surface area contributed by atoms with E-state index in [4.69, 9.17) is 11.5 Å². The summed E-state index contributed by atoms with van der Waals surface area (Å²) in [7, 11) is 0. The first kappa shape index (κ1) is 14.0. The maximum absolute atomic E-state index is 12.9. The molecule has 2 aromatic rings. The van der Waals surface area contributed by atoms with E-state index in [0.29, 0.717) is 5.82 Å². The second kappa shape index (κ2) is 5.69. The lowest BCUT2D eigenvalue weighted by atomic mass is 9.99. The maximum Gasteiger partial charge on any atom is 0.222 e. The van der Waals surface area contributed by atoms with E-state index in [1.54, 1.807) is 12.1 Å². The van der Waals surface area contributed by atoms with Crippen molar-refractivity contribution >= 4 is 17.8 Å². The van der Waals surface area contributed by atoms with Crippen LogP contribution >= 0.6 is 0 Å². The van der Waals surface area contributed by atoms with Gasteiger partial charge in [-0.15, -0.1) is 0 Å². The number of allylic oxidation sites excluding steroid dienone is 1. The van der Waals surface area contributed by atoms with Crippen LogP contribution in [-0.2, 0) is 0 Å². The molecule has 4 nitrogen and oxygen atoms in total. The predicted octanol–water partition coefficient (Wildman–Crippen LogP) is 2.91. The smallest absolute Gasteiger partial charge is 0.222 e. The van der Waals surface area contributed by atoms with Crippen LogP contribution in [0.15, 0.2) is 30.3 Å². The molecule has 0 saturated heterocycles. The fraction of sp³-hybridized carbons (Fsp3) is 0.200. The summed E-state index contributed by atoms with van der Waals surface area (Å²) in [6.45, 7) is 3.85. The van der Waals surface area contributed by atoms with Gasteiger partial charge in [0.15, 0.2) is 0 Å². The van der Waals surface area contributed by atoms with E-state index in [0.717, 1.165) is 16.8 Å². The first-order valence-corrected chi connectivity index (χ1v) is 6.30. The zero-order chi connectivity index (χ0) is 14.7. The Bertz CT molecular complexity index is 612. The topological polar surface area (TPSA) is 77.8 Å². The van der Waals surface area contributed by atoms with Crippen molar-refractivity contribution in [1.29, 1.82) is 0 Å². The highest BCUT2D eigenvalue weighted by atomic mass is 19.1. The van der Waals surface area contributed by atoms with Crippen LogP contribution in [0.1, 0.15) is 29.7 Å². The van der Waals surface area contributed by atoms with Crippen molar-refractivity contribution in [2.24, 2.45) is 0 Å². The van der Waals surface area contributed by atoms with E-state index >= 15 is 0 Å². The van der Waals surface area contributed by atoms with Crippen molar-refractivity contribution in [3.05, 3.63) is 53.0 Å². The van der Waals surface area contributed by atoms with Crippen LogP contribution in [0.4, 0.5) is 16.2 Å². The number of rotatable bonds is 3. The quantitative estimate of drug-likeness (QED) is 0.900. The van der Waals surface area contributed by atoms with E-state index in [1.165, 1.54) is 12.1 Å². The molecular weight excluding hydrogens is 255 g/mol. The van der Waals surface area contributed by atoms with Gasteiger partial charge in [0.2, 0.25) is 5.95 Å². The minimum Gasteiger partial charge on any atom is -0.383 e. The van der Waals surface area contributed by atoms with Gasteiger partial charge >= 0.3 is 0 Å². The summed E-state index contributed by atoms with van der Waals surface area (Å²) >= 11 is 0. The van der Waals surface area contributed by atoms with Crippen LogP contribution in [0, 0.1) is 12.7 Å². The Kier molecular flexibility index (Phi) is 3.98. The third kappa shape index (κ3) is 3.12. The summed E-state index contributed by atoms with van der Waals surface area (Å²) in [5, 5.41) is 0. The molecule has 1 aromatic carbocycles. The standard InChI is InChI=1S/C15H17FN4/c1-9(11-4-6-12(16)7-5-11)3-8-13-10(2)19-15(18)20-14(13)17/h3-9H,1-2H3,(H4,17,18,19,20)/b8-3+. The zero-order valence-electron chi connectivity index (χ0n) is 11.5. The number of aromatic nitrogens is 2. The average Bonchev–Trinajstić information content (AvgIpc) is 2.38. The minimum absolute atomic E-state index is 0.131. The molecule has 0 spiro atoms. The Morgan fingerprint density at radius 1 is 1.15 bits per heavy atom. The molecule has 1 aromatic heterocycles. The van der Waals surface area contributed by atoms with Gasteiger partial charge in [0, 0.05) is 5.56 Å². The molecule has 1 atom stereocenters. The molecule has 0 aliphatic heterocycles. The number of aryl methyl sites for hydroxylation is 1. The fourth-order valence-electron chi connectivity index (χ4n) is 1.95. The second-order valence-corrected chi connectivity index (χ2v) is 4.67. The number of hydrogen-bond donors (Lipinski definition) is 2. The van der Waals surface area contributed by atoms with Gasteiger partial charge in [0.05, 0.1) is 5.69 Å². The van der Waals surface area contributed by atoms with E-state index in [1.807, 2.05) is 26.0 Å². The normalized spacial score (nSPS) is 12.8. The van der Waals surface area contributed by atoms with E-state index < -0.39 is 0 Å². The summed E-state index contributed by atoms with van der Waals surface area (Å²) < 4.78 is 12.9. The van der Waals surface area contributed by atoms with Crippen molar-refractivity contribution < 1.29 is 4.39 Å². The van der Waals surface area contributed by atoms with Crippen molar-refractivity contribution in [3.63, 3.8) is 0 Å². The number of halogens is 1. The van der Waals surface area contributed by atoms with Gasteiger partial charge in [-0.25, -0.2) is 9.37 Å². The van der Waals surface area contributed by atoms with Crippen LogP contribution in [0.3, 0.4) is 0 Å². The second-order valence-electron chi connectivity index (χ2n) is 4.67. The molecule has 0 amide bonds. The molecule has 5 heteroatoms. The van der Waals surface area contributed by atoms with Gasteiger partial charge < -0.3 is 11.5 Å². The molecular formula is C15H17FN4. The summed E-state index contributed by atoms with van der Waals surface area (Å²) in [6, 6.07) is 6.43. The number of hydrogen-bond acceptors (Lipinski definition) is 4. The van der Waals surface area contributed by atoms with E-state index in [2.05, 4.69) is 9.97 Å². The van der Waals surface area contributed by atoms with Crippen LogP contribution in [-0.4, -0.2) is 9.97 Å². The summed E-state index contributed by atoms with van der Waals surface area (Å²) in [5.74, 6) is 0.421. The molecule has 1 heterocycles. The van der Waals surface area contributed by atoms with Crippen LogP contribution < -0.4 is 11.5 Å². The molecule has 104 valence electrons. The zero-order valence-corrected chi connectivity index (χ0v) is 11.5. The lowest BCUT2D eigenvalue weighted by Gasteiger charge is -2.08. The number of nitrogen functional groups attached to an aromatic ring is 2. The van der Waals surface area contributed by atoms with Crippen molar-refractivity contribution in [3.8, 4) is 0 Å². The Morgan fingerprint density at radius 2 is 1.80 bits per heavy atom. The molecule has 0 radical (unpaired) electrons. The lowest BCUT2D eigenvalue weighted by molar-refractivity contribution is 0.626. The van der Waals surface area contributed by atoms with E-state index in [-0.39, 0.29) is 17.7 Å². The third-order valence-corrected chi connectivity index (χ3v) is 3.13. The summed E-state index contributed by atoms with van der Waals surface area (Å²) in [5.41, 5.74) is 13.9. The number of benzene rings is 1. The fourth-order valence-corrected chi connectivity index (χ4v) is 1.95. The third-order valence-electron chi connectivity index (χ3n) is 3.13. The number of nitrogens with zero attached hydrogens (tertiary/aromatic N) is 2. The largest absolute Gasteiger partial charge is 0.383 e. The van der Waals surface area contributed by atoms with Gasteiger partial charge in [-0.3, -0.25) is 0 Å². The van der Waals surface area contributed by atoms with E-state index in [9.17, 15) is 4.39 Å². The van der Waals surface area contributed by atoms with Crippen molar-refractivity contribution in [2.45, 2.75) is 19.8 Å². The average molecular weight is 272 g/mol. The Hall–Kier alpha value is -2.43. The minimum atomic E-state index is -0.239. The Morgan fingerprint density at radius 3 is 2.40 bits per heavy atom. The molecule has 2 rings (SSSR count). The van der Waals surface area contributed by atoms with Gasteiger partial charge in [-0.05, 0) is 30.5 Å². The van der Waals surface area contributed by atoms with Crippen LogP contribution in [0.25, 0.3) is 6.08 Å². The highest BCUT2D eigenvalue weighted by molar-refractivity contribution is 5.64. The highest BCUT2D eigenvalue weighted by Gasteiger charge is 2.06. The first-order valence-electron chi connectivity index (χ1n) is 6.30. The predicted molar refractivity (Wildman–Crippen MR) is 79.4 cm³/mol. The molecule has 20 heavy (non-hydrogen) atoms. The molecule has 0 fully saturated rings. The summed E-state index contributed by atoms with van der Waals surface area (Å²) in [6.07, 6.45) is 3.85. The van der Waals surface area contributed by atoms with Gasteiger partial charge in [-0.1, -0.05) is 31.2 Å². The molecule has 0 bridgehead atoms. The number of anilines is 2. The van der Waals surface area contributed by atoms with Gasteiger partial charge in [-0.2, -0.15) is 4.98 Å². The molecule has 0 aliphatic carbocycles. The van der Waals surface area contributed by atoms with Gasteiger partial charge in [0.1, 0.15) is 11.6 Å². The maximum atomic E-state index is 12.9. The molecule has 0 saturated carbocycles. The number of nitrogens with two attached hydrogens (primary N) is 2. The van der Waals surface area contributed by atoms with Crippen molar-refractivity contribution in [1.82, 2.24) is 9.97 Å². The van der Waals surface area contributed by atoms with Crippen LogP contribution in [0.5, 0.6) is 0 Å². The SMILES string of the molecule is Cc1nc(N)nc(N)c1/C=C/C(C)c1ccc(F)cc1. The molecule has 1 unspecified atom stereocenters. The van der Waals surface area contributed by atoms with Crippen LogP contribution in [0.2, 0.25) is 0 Å². The van der Waals surface area contributed by atoms with Gasteiger partial charge in [0.25, 0.3) is 0 Å². The Balaban J connectivity index is 2.23. The van der Waals surface area contributed by atoms with Crippen molar-refractivity contribution in [2.75, 3.05) is 11.5 Å². The lowest BCUT2D eigenvalue weighted by Crippen LogP contribution is -2.04. The summed E-state index contributed by atoms with van der Waals surface area (Å²) in [4.78, 5) is 8.02. The molecule has 0 aliphatic rings. The Labute approximate surface area is 117 Å².